The van der Waals surface area contributed by atoms with Crippen molar-refractivity contribution in [1.29, 1.82) is 0 Å². The van der Waals surface area contributed by atoms with Crippen LogP contribution in [0.25, 0.3) is 16.9 Å². The van der Waals surface area contributed by atoms with E-state index in [0.29, 0.717) is 17.1 Å². The number of aromatic nitrogens is 3. The zero-order chi connectivity index (χ0) is 19.3. The first-order valence-electron chi connectivity index (χ1n) is 8.75. The van der Waals surface area contributed by atoms with Gasteiger partial charge in [0.1, 0.15) is 5.75 Å². The summed E-state index contributed by atoms with van der Waals surface area (Å²) in [5, 5.41) is 7.10. The summed E-state index contributed by atoms with van der Waals surface area (Å²) < 4.78 is 6.73. The van der Waals surface area contributed by atoms with Gasteiger partial charge < -0.3 is 10.1 Å². The van der Waals surface area contributed by atoms with Gasteiger partial charge in [0.05, 0.1) is 18.9 Å². The Morgan fingerprint density at radius 2 is 1.75 bits per heavy atom. The van der Waals surface area contributed by atoms with E-state index in [2.05, 4.69) is 27.5 Å². The van der Waals surface area contributed by atoms with Crippen molar-refractivity contribution < 1.29 is 9.53 Å². The number of benzene rings is 2. The van der Waals surface area contributed by atoms with E-state index in [-0.39, 0.29) is 5.91 Å². The average molecular weight is 370 g/mol. The Labute approximate surface area is 162 Å². The zero-order valence-corrected chi connectivity index (χ0v) is 15.2. The quantitative estimate of drug-likeness (QED) is 0.572. The fraction of sp³-hybridized carbons (Fsp3) is 0.0455. The lowest BCUT2D eigenvalue weighted by atomic mass is 10.1. The highest BCUT2D eigenvalue weighted by atomic mass is 16.5. The molecule has 0 fully saturated rings. The normalized spacial score (nSPS) is 10.5. The number of pyridine rings is 1. The van der Waals surface area contributed by atoms with Crippen LogP contribution in [0.2, 0.25) is 0 Å². The number of rotatable bonds is 5. The van der Waals surface area contributed by atoms with Crippen molar-refractivity contribution in [1.82, 2.24) is 14.8 Å². The van der Waals surface area contributed by atoms with Gasteiger partial charge in [0.2, 0.25) is 0 Å². The van der Waals surface area contributed by atoms with Crippen molar-refractivity contribution in [3.63, 3.8) is 0 Å². The Morgan fingerprint density at radius 1 is 1.00 bits per heavy atom. The van der Waals surface area contributed by atoms with E-state index in [1.54, 1.807) is 31.6 Å². The maximum atomic E-state index is 12.5. The molecule has 28 heavy (non-hydrogen) atoms. The predicted molar refractivity (Wildman–Crippen MR) is 108 cm³/mol. The van der Waals surface area contributed by atoms with Crippen LogP contribution in [0.5, 0.6) is 5.75 Å². The van der Waals surface area contributed by atoms with Gasteiger partial charge in [-0.15, -0.1) is 0 Å². The standard InChI is InChI=1S/C22H18N4O2/c1-28-20-11-12-23-21(13-20)26-15-18(14-24-26)22(27)25-19-9-7-17(8-10-19)16-5-3-2-4-6-16/h2-15H,1H3,(H,25,27). The molecule has 0 saturated carbocycles. The fourth-order valence-electron chi connectivity index (χ4n) is 2.80. The smallest absolute Gasteiger partial charge is 0.258 e. The maximum Gasteiger partial charge on any atom is 0.258 e. The van der Waals surface area contributed by atoms with Crippen molar-refractivity contribution in [3.8, 4) is 22.7 Å². The Kier molecular flexibility index (Phi) is 4.84. The molecule has 0 aliphatic carbocycles. The summed E-state index contributed by atoms with van der Waals surface area (Å²) in [6.07, 6.45) is 4.77. The van der Waals surface area contributed by atoms with E-state index in [1.165, 1.54) is 10.9 Å². The molecule has 0 unspecified atom stereocenters. The number of hydrogen-bond donors (Lipinski definition) is 1. The van der Waals surface area contributed by atoms with Crippen LogP contribution >= 0.6 is 0 Å². The van der Waals surface area contributed by atoms with Crippen LogP contribution in [-0.4, -0.2) is 27.8 Å². The van der Waals surface area contributed by atoms with E-state index in [4.69, 9.17) is 4.74 Å². The number of carbonyl (C=O) groups excluding carboxylic acids is 1. The Bertz CT molecular complexity index is 1090. The summed E-state index contributed by atoms with van der Waals surface area (Å²) >= 11 is 0. The molecule has 0 aliphatic rings. The molecule has 0 aliphatic heterocycles. The van der Waals surface area contributed by atoms with E-state index in [9.17, 15) is 4.79 Å². The lowest BCUT2D eigenvalue weighted by Crippen LogP contribution is -2.11. The average Bonchev–Trinajstić information content (AvgIpc) is 3.25. The van der Waals surface area contributed by atoms with Gasteiger partial charge in [-0.05, 0) is 29.3 Å². The molecule has 4 rings (SSSR count). The number of methoxy groups -OCH3 is 1. The minimum atomic E-state index is -0.235. The molecule has 1 amide bonds. The van der Waals surface area contributed by atoms with Gasteiger partial charge in [-0.1, -0.05) is 42.5 Å². The molecule has 2 heterocycles. The summed E-state index contributed by atoms with van der Waals surface area (Å²) in [7, 11) is 1.59. The van der Waals surface area contributed by atoms with Crippen LogP contribution < -0.4 is 10.1 Å². The summed E-state index contributed by atoms with van der Waals surface area (Å²) in [5.74, 6) is 1.01. The van der Waals surface area contributed by atoms with Crippen molar-refractivity contribution in [2.45, 2.75) is 0 Å². The second kappa shape index (κ2) is 7.75. The van der Waals surface area contributed by atoms with Crippen molar-refractivity contribution in [2.75, 3.05) is 12.4 Å². The van der Waals surface area contributed by atoms with Gasteiger partial charge in [0.15, 0.2) is 5.82 Å². The number of anilines is 1. The number of hydrogen-bond acceptors (Lipinski definition) is 4. The first-order chi connectivity index (χ1) is 13.7. The molecule has 6 heteroatoms. The molecule has 1 N–H and O–H groups in total. The highest BCUT2D eigenvalue weighted by Gasteiger charge is 2.11. The number of ether oxygens (including phenoxy) is 1. The molecule has 0 saturated heterocycles. The van der Waals surface area contributed by atoms with Crippen molar-refractivity contribution >= 4 is 11.6 Å². The van der Waals surface area contributed by atoms with E-state index >= 15 is 0 Å². The number of amides is 1. The molecule has 2 aromatic carbocycles. The lowest BCUT2D eigenvalue weighted by molar-refractivity contribution is 0.102. The lowest BCUT2D eigenvalue weighted by Gasteiger charge is -2.06. The van der Waals surface area contributed by atoms with Gasteiger partial charge >= 0.3 is 0 Å². The highest BCUT2D eigenvalue weighted by Crippen LogP contribution is 2.21. The molecule has 2 aromatic heterocycles. The molecule has 0 atom stereocenters. The first kappa shape index (κ1) is 17.5. The van der Waals surface area contributed by atoms with Crippen molar-refractivity contribution in [2.24, 2.45) is 0 Å². The summed E-state index contributed by atoms with van der Waals surface area (Å²) in [4.78, 5) is 16.8. The topological polar surface area (TPSA) is 69.0 Å². The van der Waals surface area contributed by atoms with Crippen LogP contribution in [0.4, 0.5) is 5.69 Å². The zero-order valence-electron chi connectivity index (χ0n) is 15.2. The minimum absolute atomic E-state index is 0.235. The van der Waals surface area contributed by atoms with E-state index in [1.807, 2.05) is 42.5 Å². The van der Waals surface area contributed by atoms with E-state index in [0.717, 1.165) is 16.8 Å². The summed E-state index contributed by atoms with van der Waals surface area (Å²) in [6, 6.07) is 21.3. The molecule has 0 radical (unpaired) electrons. The second-order valence-electron chi connectivity index (χ2n) is 6.12. The van der Waals surface area contributed by atoms with Gasteiger partial charge in [-0.25, -0.2) is 9.67 Å². The third-order valence-corrected chi connectivity index (χ3v) is 4.28. The molecule has 138 valence electrons. The second-order valence-corrected chi connectivity index (χ2v) is 6.12. The van der Waals surface area contributed by atoms with Gasteiger partial charge in [-0.2, -0.15) is 5.10 Å². The van der Waals surface area contributed by atoms with E-state index < -0.39 is 0 Å². The Balaban J connectivity index is 1.47. The van der Waals surface area contributed by atoms with Gasteiger partial charge in [-0.3, -0.25) is 4.79 Å². The number of nitrogens with zero attached hydrogens (tertiary/aromatic N) is 3. The van der Waals surface area contributed by atoms with Crippen LogP contribution in [0.3, 0.4) is 0 Å². The van der Waals surface area contributed by atoms with Crippen LogP contribution in [0.15, 0.2) is 85.3 Å². The van der Waals surface area contributed by atoms with Gasteiger partial charge in [0, 0.05) is 24.1 Å². The predicted octanol–water partition coefficient (Wildman–Crippen LogP) is 4.20. The SMILES string of the molecule is COc1ccnc(-n2cc(C(=O)Nc3ccc(-c4ccccc4)cc3)cn2)c1. The van der Waals surface area contributed by atoms with Crippen LogP contribution in [0, 0.1) is 0 Å². The first-order valence-corrected chi connectivity index (χ1v) is 8.75. The fourth-order valence-corrected chi connectivity index (χ4v) is 2.80. The highest BCUT2D eigenvalue weighted by molar-refractivity contribution is 6.04. The number of carbonyl (C=O) groups is 1. The largest absolute Gasteiger partial charge is 0.497 e. The molecule has 6 nitrogen and oxygen atoms in total. The third-order valence-electron chi connectivity index (χ3n) is 4.28. The monoisotopic (exact) mass is 370 g/mol. The molecule has 0 bridgehead atoms. The van der Waals surface area contributed by atoms with Crippen LogP contribution in [-0.2, 0) is 0 Å². The van der Waals surface area contributed by atoms with Gasteiger partial charge in [0.25, 0.3) is 5.91 Å². The molecule has 0 spiro atoms. The molecule has 4 aromatic rings. The molecular formula is C22H18N4O2. The third kappa shape index (κ3) is 3.76. The number of nitrogens with one attached hydrogen (secondary N) is 1. The summed E-state index contributed by atoms with van der Waals surface area (Å²) in [5.41, 5.74) is 3.39. The van der Waals surface area contributed by atoms with Crippen molar-refractivity contribution in [3.05, 3.63) is 90.9 Å². The minimum Gasteiger partial charge on any atom is -0.497 e. The summed E-state index contributed by atoms with van der Waals surface area (Å²) in [6.45, 7) is 0. The maximum absolute atomic E-state index is 12.5. The van der Waals surface area contributed by atoms with Crippen LogP contribution in [0.1, 0.15) is 10.4 Å². The Morgan fingerprint density at radius 3 is 2.50 bits per heavy atom. The Hall–Kier alpha value is -3.93. The molecular weight excluding hydrogens is 352 g/mol.